The highest BCUT2D eigenvalue weighted by atomic mass is 16.6. The molecule has 0 saturated carbocycles. The smallest absolute Gasteiger partial charge is 0.414 e. The van der Waals surface area contributed by atoms with Crippen molar-refractivity contribution in [3.8, 4) is 0 Å². The van der Waals surface area contributed by atoms with Gasteiger partial charge in [0.05, 0.1) is 0 Å². The first-order valence-corrected chi connectivity index (χ1v) is 4.45. The minimum Gasteiger partial charge on any atom is -0.444 e. The fourth-order valence-corrected chi connectivity index (χ4v) is 0.856. The topological polar surface area (TPSA) is 80.0 Å². The zero-order valence-corrected chi connectivity index (χ0v) is 8.94. The van der Waals surface area contributed by atoms with Crippen LogP contribution in [0, 0.1) is 5.41 Å². The van der Waals surface area contributed by atoms with Gasteiger partial charge < -0.3 is 4.74 Å². The largest absolute Gasteiger partial charge is 0.444 e. The zero-order chi connectivity index (χ0) is 11.5. The summed E-state index contributed by atoms with van der Waals surface area (Å²) in [5, 5.41) is 9.78. The van der Waals surface area contributed by atoms with Crippen LogP contribution >= 0.6 is 0 Å². The lowest BCUT2D eigenvalue weighted by atomic mass is 10.2. The molecule has 0 aliphatic heterocycles. The molecule has 1 rings (SSSR count). The van der Waals surface area contributed by atoms with Crippen LogP contribution < -0.4 is 5.32 Å². The lowest BCUT2D eigenvalue weighted by molar-refractivity contribution is 0.0561. The second kappa shape index (κ2) is 4.12. The van der Waals surface area contributed by atoms with Crippen molar-refractivity contribution in [3.63, 3.8) is 0 Å². The van der Waals surface area contributed by atoms with Crippen molar-refractivity contribution < 1.29 is 9.53 Å². The summed E-state index contributed by atoms with van der Waals surface area (Å²) < 4.78 is 6.35. The fourth-order valence-electron chi connectivity index (χ4n) is 0.856. The number of alkyl carbamates (subject to hydrolysis) is 1. The van der Waals surface area contributed by atoms with Crippen LogP contribution in [0.25, 0.3) is 0 Å². The maximum absolute atomic E-state index is 11.3. The molecule has 1 amide bonds. The van der Waals surface area contributed by atoms with Crippen molar-refractivity contribution in [2.75, 3.05) is 0 Å². The number of ether oxygens (including phenoxy) is 1. The molecular weight excluding hydrogens is 196 g/mol. The number of hydrogen-bond donors (Lipinski definition) is 2. The quantitative estimate of drug-likeness (QED) is 0.498. The molecule has 0 bridgehead atoms. The Kier molecular flexibility index (Phi) is 3.08. The van der Waals surface area contributed by atoms with Crippen LogP contribution in [0.5, 0.6) is 0 Å². The number of carbonyl (C=O) groups is 1. The Morgan fingerprint density at radius 3 is 2.67 bits per heavy atom. The van der Waals surface area contributed by atoms with E-state index in [1.165, 1.54) is 17.1 Å². The van der Waals surface area contributed by atoms with Crippen molar-refractivity contribution in [1.82, 2.24) is 14.9 Å². The maximum atomic E-state index is 11.3. The first-order valence-electron chi connectivity index (χ1n) is 4.45. The van der Waals surface area contributed by atoms with Crippen LogP contribution in [-0.4, -0.2) is 27.2 Å². The highest BCUT2D eigenvalue weighted by molar-refractivity contribution is 5.93. The van der Waals surface area contributed by atoms with E-state index in [-0.39, 0.29) is 5.96 Å². The Balaban J connectivity index is 2.50. The summed E-state index contributed by atoms with van der Waals surface area (Å²) in [4.78, 5) is 15.0. The lowest BCUT2D eigenvalue weighted by Crippen LogP contribution is -2.38. The van der Waals surface area contributed by atoms with Gasteiger partial charge in [-0.15, -0.1) is 0 Å². The number of rotatable bonds is 0. The highest BCUT2D eigenvalue weighted by Gasteiger charge is 2.17. The van der Waals surface area contributed by atoms with Crippen LogP contribution in [-0.2, 0) is 4.74 Å². The molecular formula is C9H14N4O2. The SMILES string of the molecule is CC(C)(C)OC(=O)NC(=N)n1ccnc1. The van der Waals surface area contributed by atoms with Crippen LogP contribution in [0.15, 0.2) is 18.7 Å². The van der Waals surface area contributed by atoms with E-state index in [0.717, 1.165) is 0 Å². The predicted molar refractivity (Wildman–Crippen MR) is 54.7 cm³/mol. The van der Waals surface area contributed by atoms with E-state index in [1.54, 1.807) is 27.0 Å². The molecule has 1 aromatic heterocycles. The Morgan fingerprint density at radius 1 is 1.53 bits per heavy atom. The summed E-state index contributed by atoms with van der Waals surface area (Å²) in [6.07, 6.45) is 3.84. The van der Waals surface area contributed by atoms with Gasteiger partial charge in [0.25, 0.3) is 0 Å². The second-order valence-electron chi connectivity index (χ2n) is 3.95. The molecule has 0 radical (unpaired) electrons. The van der Waals surface area contributed by atoms with Crippen LogP contribution in [0.1, 0.15) is 20.8 Å². The average molecular weight is 210 g/mol. The molecule has 2 N–H and O–H groups in total. The zero-order valence-electron chi connectivity index (χ0n) is 8.94. The van der Waals surface area contributed by atoms with Gasteiger partial charge in [0.15, 0.2) is 0 Å². The van der Waals surface area contributed by atoms with E-state index in [1.807, 2.05) is 0 Å². The standard InChI is InChI=1S/C9H14N4O2/c1-9(2,3)15-8(14)12-7(10)13-5-4-11-6-13/h4-6H,1-3H3,(H2,10,12,14). The monoisotopic (exact) mass is 210 g/mol. The Hall–Kier alpha value is -1.85. The number of nitrogens with zero attached hydrogens (tertiary/aromatic N) is 2. The maximum Gasteiger partial charge on any atom is 0.414 e. The van der Waals surface area contributed by atoms with Gasteiger partial charge in [0, 0.05) is 12.4 Å². The highest BCUT2D eigenvalue weighted by Crippen LogP contribution is 2.06. The molecule has 0 aromatic carbocycles. The molecule has 6 nitrogen and oxygen atoms in total. The first-order chi connectivity index (χ1) is 6.88. The van der Waals surface area contributed by atoms with Crippen LogP contribution in [0.3, 0.4) is 0 Å². The van der Waals surface area contributed by atoms with Gasteiger partial charge in [-0.1, -0.05) is 0 Å². The fraction of sp³-hybridized carbons (Fsp3) is 0.444. The van der Waals surface area contributed by atoms with Gasteiger partial charge in [-0.2, -0.15) is 0 Å². The Labute approximate surface area is 87.8 Å². The second-order valence-corrected chi connectivity index (χ2v) is 3.95. The normalized spacial score (nSPS) is 10.9. The molecule has 0 aliphatic carbocycles. The lowest BCUT2D eigenvalue weighted by Gasteiger charge is -2.19. The first kappa shape index (κ1) is 11.2. The summed E-state index contributed by atoms with van der Waals surface area (Å²) in [5.41, 5.74) is -0.570. The predicted octanol–water partition coefficient (Wildman–Crippen LogP) is 1.19. The average Bonchev–Trinajstić information content (AvgIpc) is 2.50. The number of amides is 1. The van der Waals surface area contributed by atoms with Gasteiger partial charge in [-0.25, -0.2) is 9.78 Å². The number of carbonyl (C=O) groups excluding carboxylic acids is 1. The number of nitrogens with one attached hydrogen (secondary N) is 2. The molecule has 0 fully saturated rings. The molecule has 1 heterocycles. The molecule has 0 saturated heterocycles. The van der Waals surface area contributed by atoms with Crippen molar-refractivity contribution in [1.29, 1.82) is 5.41 Å². The molecule has 82 valence electrons. The van der Waals surface area contributed by atoms with Crippen molar-refractivity contribution in [3.05, 3.63) is 18.7 Å². The third kappa shape index (κ3) is 3.80. The summed E-state index contributed by atoms with van der Waals surface area (Å²) in [6.45, 7) is 5.27. The van der Waals surface area contributed by atoms with Gasteiger partial charge in [-0.3, -0.25) is 15.3 Å². The van der Waals surface area contributed by atoms with Crippen molar-refractivity contribution in [2.45, 2.75) is 26.4 Å². The summed E-state index contributed by atoms with van der Waals surface area (Å²) in [6, 6.07) is 0. The van der Waals surface area contributed by atoms with Crippen LogP contribution in [0.4, 0.5) is 4.79 Å². The van der Waals surface area contributed by atoms with E-state index in [2.05, 4.69) is 10.3 Å². The minimum atomic E-state index is -0.652. The van der Waals surface area contributed by atoms with Gasteiger partial charge in [0.1, 0.15) is 11.9 Å². The molecule has 15 heavy (non-hydrogen) atoms. The number of aromatic nitrogens is 2. The number of hydrogen-bond acceptors (Lipinski definition) is 4. The van der Waals surface area contributed by atoms with Gasteiger partial charge in [0.2, 0.25) is 5.96 Å². The third-order valence-corrected chi connectivity index (χ3v) is 1.38. The summed E-state index contributed by atoms with van der Waals surface area (Å²) in [7, 11) is 0. The van der Waals surface area contributed by atoms with Crippen molar-refractivity contribution >= 4 is 12.1 Å². The van der Waals surface area contributed by atoms with E-state index in [0.29, 0.717) is 0 Å². The van der Waals surface area contributed by atoms with Gasteiger partial charge >= 0.3 is 6.09 Å². The molecule has 1 aromatic rings. The minimum absolute atomic E-state index is 0.0956. The third-order valence-electron chi connectivity index (χ3n) is 1.38. The van der Waals surface area contributed by atoms with E-state index >= 15 is 0 Å². The molecule has 0 aliphatic rings. The summed E-state index contributed by atoms with van der Waals surface area (Å²) >= 11 is 0. The Morgan fingerprint density at radius 2 is 2.20 bits per heavy atom. The van der Waals surface area contributed by atoms with E-state index in [9.17, 15) is 4.79 Å². The molecule has 6 heteroatoms. The van der Waals surface area contributed by atoms with E-state index < -0.39 is 11.7 Å². The number of imidazole rings is 1. The van der Waals surface area contributed by atoms with E-state index in [4.69, 9.17) is 10.1 Å². The van der Waals surface area contributed by atoms with Crippen LogP contribution in [0.2, 0.25) is 0 Å². The summed E-state index contributed by atoms with van der Waals surface area (Å²) in [5.74, 6) is -0.0956. The van der Waals surface area contributed by atoms with Gasteiger partial charge in [-0.05, 0) is 20.8 Å². The van der Waals surface area contributed by atoms with Crippen molar-refractivity contribution in [2.24, 2.45) is 0 Å². The molecule has 0 unspecified atom stereocenters. The molecule has 0 spiro atoms. The molecule has 0 atom stereocenters. The Bertz CT molecular complexity index is 351.